The fourth-order valence-electron chi connectivity index (χ4n) is 1.47. The van der Waals surface area contributed by atoms with E-state index in [1.165, 1.54) is 0 Å². The predicted octanol–water partition coefficient (Wildman–Crippen LogP) is 3.47. The summed E-state index contributed by atoms with van der Waals surface area (Å²) in [6.45, 7) is 2.87. The standard InChI is InChI=1S/C14H19IO4/c1-3-4-7-18-14-8-11(19-10-17-2)5-6-12(14)13(16)9-15/h5-6,8H,3-4,7,9-10H2,1-2H3. The van der Waals surface area contributed by atoms with Gasteiger partial charge in [0, 0.05) is 13.2 Å². The molecule has 0 atom stereocenters. The zero-order chi connectivity index (χ0) is 14.1. The SMILES string of the molecule is CCCCOc1cc(OCOC)ccc1C(=O)CI. The van der Waals surface area contributed by atoms with Crippen LogP contribution in [-0.2, 0) is 4.74 Å². The maximum absolute atomic E-state index is 11.8. The molecule has 0 saturated heterocycles. The molecule has 1 aromatic rings. The lowest BCUT2D eigenvalue weighted by atomic mass is 10.1. The molecule has 0 saturated carbocycles. The van der Waals surface area contributed by atoms with Gasteiger partial charge in [-0.25, -0.2) is 0 Å². The van der Waals surface area contributed by atoms with Crippen molar-refractivity contribution in [3.63, 3.8) is 0 Å². The first kappa shape index (κ1) is 16.2. The van der Waals surface area contributed by atoms with Crippen LogP contribution in [0.2, 0.25) is 0 Å². The van der Waals surface area contributed by atoms with Crippen LogP contribution in [-0.4, -0.2) is 30.7 Å². The van der Waals surface area contributed by atoms with Crippen molar-refractivity contribution in [2.24, 2.45) is 0 Å². The van der Waals surface area contributed by atoms with Gasteiger partial charge in [-0.3, -0.25) is 4.79 Å². The van der Waals surface area contributed by atoms with Crippen LogP contribution in [0.4, 0.5) is 0 Å². The number of halogens is 1. The highest BCUT2D eigenvalue weighted by Crippen LogP contribution is 2.26. The van der Waals surface area contributed by atoms with Gasteiger partial charge in [-0.05, 0) is 18.6 Å². The van der Waals surface area contributed by atoms with Crippen LogP contribution >= 0.6 is 22.6 Å². The van der Waals surface area contributed by atoms with E-state index in [0.29, 0.717) is 28.1 Å². The number of methoxy groups -OCH3 is 1. The third-order valence-corrected chi connectivity index (χ3v) is 3.17. The molecule has 0 N–H and O–H groups in total. The average Bonchev–Trinajstić information content (AvgIpc) is 2.44. The van der Waals surface area contributed by atoms with Crippen molar-refractivity contribution >= 4 is 28.4 Å². The fraction of sp³-hybridized carbons (Fsp3) is 0.500. The molecule has 0 aliphatic rings. The Morgan fingerprint density at radius 2 is 2.11 bits per heavy atom. The Morgan fingerprint density at radius 1 is 1.32 bits per heavy atom. The van der Waals surface area contributed by atoms with E-state index in [1.807, 2.05) is 0 Å². The van der Waals surface area contributed by atoms with Gasteiger partial charge in [-0.1, -0.05) is 35.9 Å². The molecular weight excluding hydrogens is 359 g/mol. The van der Waals surface area contributed by atoms with Gasteiger partial charge in [0.1, 0.15) is 11.5 Å². The number of hydrogen-bond acceptors (Lipinski definition) is 4. The summed E-state index contributed by atoms with van der Waals surface area (Å²) in [7, 11) is 1.56. The van der Waals surface area contributed by atoms with Gasteiger partial charge in [-0.2, -0.15) is 0 Å². The molecule has 0 amide bonds. The molecule has 0 fully saturated rings. The first-order valence-electron chi connectivity index (χ1n) is 6.20. The summed E-state index contributed by atoms with van der Waals surface area (Å²) in [4.78, 5) is 11.8. The number of Topliss-reactive ketones (excluding diaryl/α,β-unsaturated/α-hetero) is 1. The summed E-state index contributed by atoms with van der Waals surface area (Å²) in [5, 5.41) is 0. The molecule has 4 nitrogen and oxygen atoms in total. The predicted molar refractivity (Wildman–Crippen MR) is 82.6 cm³/mol. The number of ether oxygens (including phenoxy) is 3. The second-order valence-electron chi connectivity index (χ2n) is 3.97. The highest BCUT2D eigenvalue weighted by Gasteiger charge is 2.12. The van der Waals surface area contributed by atoms with Crippen LogP contribution in [0.3, 0.4) is 0 Å². The number of carbonyl (C=O) groups is 1. The topological polar surface area (TPSA) is 44.8 Å². The number of unbranched alkanes of at least 4 members (excludes halogenated alkanes) is 1. The molecule has 0 aliphatic carbocycles. The van der Waals surface area contributed by atoms with Gasteiger partial charge in [0.2, 0.25) is 0 Å². The van der Waals surface area contributed by atoms with Gasteiger partial charge in [-0.15, -0.1) is 0 Å². The minimum atomic E-state index is 0.0605. The number of rotatable bonds is 9. The summed E-state index contributed by atoms with van der Waals surface area (Å²) < 4.78 is 16.3. The zero-order valence-electron chi connectivity index (χ0n) is 11.3. The van der Waals surface area contributed by atoms with E-state index in [2.05, 4.69) is 29.5 Å². The average molecular weight is 378 g/mol. The van der Waals surface area contributed by atoms with E-state index < -0.39 is 0 Å². The van der Waals surface area contributed by atoms with E-state index in [4.69, 9.17) is 14.2 Å². The summed E-state index contributed by atoms with van der Waals surface area (Å²) in [5.74, 6) is 1.28. The van der Waals surface area contributed by atoms with Crippen molar-refractivity contribution in [1.82, 2.24) is 0 Å². The Labute approximate surface area is 127 Å². The van der Waals surface area contributed by atoms with Crippen molar-refractivity contribution in [3.8, 4) is 11.5 Å². The second kappa shape index (κ2) is 9.14. The van der Waals surface area contributed by atoms with Crippen LogP contribution < -0.4 is 9.47 Å². The van der Waals surface area contributed by atoms with Gasteiger partial charge < -0.3 is 14.2 Å². The van der Waals surface area contributed by atoms with Gasteiger partial charge in [0.05, 0.1) is 16.6 Å². The molecular formula is C14H19IO4. The minimum absolute atomic E-state index is 0.0605. The van der Waals surface area contributed by atoms with Crippen molar-refractivity contribution < 1.29 is 19.0 Å². The van der Waals surface area contributed by atoms with Crippen LogP contribution in [0, 0.1) is 0 Å². The first-order chi connectivity index (χ1) is 9.22. The molecule has 0 heterocycles. The molecule has 1 aromatic carbocycles. The van der Waals surface area contributed by atoms with E-state index >= 15 is 0 Å². The zero-order valence-corrected chi connectivity index (χ0v) is 13.4. The Bertz CT molecular complexity index is 406. The number of ketones is 1. The number of hydrogen-bond donors (Lipinski definition) is 0. The van der Waals surface area contributed by atoms with Crippen LogP contribution in [0.5, 0.6) is 11.5 Å². The molecule has 0 aliphatic heterocycles. The molecule has 5 heteroatoms. The molecule has 0 aromatic heterocycles. The molecule has 0 spiro atoms. The van der Waals surface area contributed by atoms with Crippen LogP contribution in [0.15, 0.2) is 18.2 Å². The molecule has 0 unspecified atom stereocenters. The monoisotopic (exact) mass is 378 g/mol. The summed E-state index contributed by atoms with van der Waals surface area (Å²) in [6.07, 6.45) is 2.01. The second-order valence-corrected chi connectivity index (χ2v) is 4.73. The number of alkyl halides is 1. The maximum atomic E-state index is 11.8. The quantitative estimate of drug-likeness (QED) is 0.217. The highest BCUT2D eigenvalue weighted by atomic mass is 127. The van der Waals surface area contributed by atoms with Crippen molar-refractivity contribution in [3.05, 3.63) is 23.8 Å². The maximum Gasteiger partial charge on any atom is 0.188 e. The Balaban J connectivity index is 2.86. The third-order valence-electron chi connectivity index (χ3n) is 2.47. The minimum Gasteiger partial charge on any atom is -0.493 e. The molecule has 19 heavy (non-hydrogen) atoms. The van der Waals surface area contributed by atoms with Crippen molar-refractivity contribution in [1.29, 1.82) is 0 Å². The van der Waals surface area contributed by atoms with E-state index in [9.17, 15) is 4.79 Å². The number of carbonyl (C=O) groups excluding carboxylic acids is 1. The number of benzene rings is 1. The fourth-order valence-corrected chi connectivity index (χ4v) is 1.88. The Hall–Kier alpha value is -0.820. The van der Waals surface area contributed by atoms with Crippen molar-refractivity contribution in [2.75, 3.05) is 24.9 Å². The van der Waals surface area contributed by atoms with Crippen molar-refractivity contribution in [2.45, 2.75) is 19.8 Å². The van der Waals surface area contributed by atoms with E-state index in [-0.39, 0.29) is 12.6 Å². The molecule has 1 rings (SSSR count). The summed E-state index contributed by atoms with van der Waals surface area (Å²) in [6, 6.07) is 5.24. The smallest absolute Gasteiger partial charge is 0.188 e. The van der Waals surface area contributed by atoms with Gasteiger partial charge in [0.25, 0.3) is 0 Å². The highest BCUT2D eigenvalue weighted by molar-refractivity contribution is 14.1. The first-order valence-corrected chi connectivity index (χ1v) is 7.73. The normalized spacial score (nSPS) is 10.3. The Morgan fingerprint density at radius 3 is 2.74 bits per heavy atom. The third kappa shape index (κ3) is 5.36. The lowest BCUT2D eigenvalue weighted by Gasteiger charge is -2.12. The van der Waals surface area contributed by atoms with E-state index in [0.717, 1.165) is 12.8 Å². The largest absolute Gasteiger partial charge is 0.493 e. The summed E-state index contributed by atoms with van der Waals surface area (Å²) >= 11 is 2.05. The molecule has 0 bridgehead atoms. The molecule has 0 radical (unpaired) electrons. The lowest BCUT2D eigenvalue weighted by Crippen LogP contribution is -2.07. The Kier molecular flexibility index (Phi) is 7.81. The lowest BCUT2D eigenvalue weighted by molar-refractivity contribution is 0.0509. The van der Waals surface area contributed by atoms with Gasteiger partial charge >= 0.3 is 0 Å². The van der Waals surface area contributed by atoms with Gasteiger partial charge in [0.15, 0.2) is 12.6 Å². The molecule has 106 valence electrons. The summed E-state index contributed by atoms with van der Waals surface area (Å²) in [5.41, 5.74) is 0.607. The van der Waals surface area contributed by atoms with E-state index in [1.54, 1.807) is 25.3 Å². The van der Waals surface area contributed by atoms with Crippen LogP contribution in [0.1, 0.15) is 30.1 Å². The van der Waals surface area contributed by atoms with Crippen LogP contribution in [0.25, 0.3) is 0 Å².